The lowest BCUT2D eigenvalue weighted by Crippen LogP contribution is -2.36. The molecule has 27 heavy (non-hydrogen) atoms. The molecule has 0 atom stereocenters. The highest BCUT2D eigenvalue weighted by Crippen LogP contribution is 2.35. The van der Waals surface area contributed by atoms with Crippen LogP contribution in [0.2, 0.25) is 10.0 Å². The van der Waals surface area contributed by atoms with Crippen molar-refractivity contribution in [3.05, 3.63) is 33.4 Å². The molecular formula is C16H14Cl2N2O7. The summed E-state index contributed by atoms with van der Waals surface area (Å²) in [7, 11) is 2.35. The number of urea groups is 1. The van der Waals surface area contributed by atoms with Crippen molar-refractivity contribution in [1.29, 1.82) is 0 Å². The molecule has 0 saturated carbocycles. The lowest BCUT2D eigenvalue weighted by atomic mass is 10.1. The highest BCUT2D eigenvalue weighted by molar-refractivity contribution is 6.37. The van der Waals surface area contributed by atoms with E-state index >= 15 is 0 Å². The predicted octanol–water partition coefficient (Wildman–Crippen LogP) is 1.61. The molecule has 1 heterocycles. The number of benzene rings is 1. The molecule has 144 valence electrons. The second kappa shape index (κ2) is 8.74. The summed E-state index contributed by atoms with van der Waals surface area (Å²) in [5.74, 6) is -1.99. The van der Waals surface area contributed by atoms with E-state index < -0.39 is 30.4 Å². The fraction of sp³-hybridized carbons (Fsp3) is 0.250. The Morgan fingerprint density at radius 1 is 1.11 bits per heavy atom. The van der Waals surface area contributed by atoms with Gasteiger partial charge in [-0.15, -0.1) is 0 Å². The lowest BCUT2D eigenvalue weighted by molar-refractivity contribution is -0.143. The van der Waals surface area contributed by atoms with E-state index in [9.17, 15) is 19.2 Å². The quantitative estimate of drug-likeness (QED) is 0.425. The summed E-state index contributed by atoms with van der Waals surface area (Å²) >= 11 is 12.2. The molecular weight excluding hydrogens is 403 g/mol. The highest BCUT2D eigenvalue weighted by atomic mass is 35.5. The first-order chi connectivity index (χ1) is 12.8. The molecule has 9 nitrogen and oxygen atoms in total. The zero-order chi connectivity index (χ0) is 20.1. The number of hydrogen-bond acceptors (Lipinski definition) is 7. The standard InChI is InChI=1S/C16H14Cl2N2O7/c1-25-12(21)6-20-15(23)11(19-16(20)24)5-8-3-9(17)14(10(18)4-8)27-7-13(22)26-2/h3-5H,6-7H2,1-2H3,(H,19,24)/b11-5+. The third-order valence-electron chi connectivity index (χ3n) is 3.37. The molecule has 2 rings (SSSR count). The van der Waals surface area contributed by atoms with Crippen molar-refractivity contribution < 1.29 is 33.4 Å². The maximum Gasteiger partial charge on any atom is 0.343 e. The molecule has 1 saturated heterocycles. The summed E-state index contributed by atoms with van der Waals surface area (Å²) in [5.41, 5.74) is 0.318. The summed E-state index contributed by atoms with van der Waals surface area (Å²) in [4.78, 5) is 47.2. The van der Waals surface area contributed by atoms with E-state index in [4.69, 9.17) is 27.9 Å². The molecule has 1 aliphatic heterocycles. The van der Waals surface area contributed by atoms with E-state index in [2.05, 4.69) is 14.8 Å². The Morgan fingerprint density at radius 3 is 2.26 bits per heavy atom. The molecule has 1 fully saturated rings. The van der Waals surface area contributed by atoms with Crippen molar-refractivity contribution >= 4 is 53.2 Å². The maximum atomic E-state index is 12.2. The van der Waals surface area contributed by atoms with Crippen molar-refractivity contribution in [1.82, 2.24) is 10.2 Å². The summed E-state index contributed by atoms with van der Waals surface area (Å²) < 4.78 is 14.1. The van der Waals surface area contributed by atoms with Crippen molar-refractivity contribution in [3.63, 3.8) is 0 Å². The summed E-state index contributed by atoms with van der Waals surface area (Å²) in [6.45, 7) is -0.895. The lowest BCUT2D eigenvalue weighted by Gasteiger charge is -2.10. The van der Waals surface area contributed by atoms with E-state index in [0.717, 1.165) is 7.11 Å². The van der Waals surface area contributed by atoms with Gasteiger partial charge in [0.05, 0.1) is 24.3 Å². The van der Waals surface area contributed by atoms with Gasteiger partial charge in [-0.2, -0.15) is 0 Å². The fourth-order valence-corrected chi connectivity index (χ4v) is 2.68. The second-order valence-corrected chi connectivity index (χ2v) is 5.95. The van der Waals surface area contributed by atoms with Crippen LogP contribution in [0.15, 0.2) is 17.8 Å². The second-order valence-electron chi connectivity index (χ2n) is 5.13. The minimum atomic E-state index is -0.758. The van der Waals surface area contributed by atoms with Crippen LogP contribution in [0.3, 0.4) is 0 Å². The SMILES string of the molecule is COC(=O)COc1c(Cl)cc(/C=C2/NC(=O)N(CC(=O)OC)C2=O)cc1Cl. The van der Waals surface area contributed by atoms with Crippen LogP contribution in [0.1, 0.15) is 5.56 Å². The van der Waals surface area contributed by atoms with Crippen molar-refractivity contribution in [2.45, 2.75) is 0 Å². The van der Waals surface area contributed by atoms with Crippen LogP contribution in [0, 0.1) is 0 Å². The Labute approximate surface area is 163 Å². The van der Waals surface area contributed by atoms with E-state index in [1.54, 1.807) is 0 Å². The number of halogens is 2. The number of nitrogens with zero attached hydrogens (tertiary/aromatic N) is 1. The first kappa shape index (κ1) is 20.5. The van der Waals surface area contributed by atoms with Gasteiger partial charge in [0.1, 0.15) is 12.2 Å². The first-order valence-electron chi connectivity index (χ1n) is 7.36. The topological polar surface area (TPSA) is 111 Å². The molecule has 1 aromatic rings. The van der Waals surface area contributed by atoms with E-state index in [0.29, 0.717) is 10.5 Å². The van der Waals surface area contributed by atoms with E-state index in [-0.39, 0.29) is 28.1 Å². The van der Waals surface area contributed by atoms with Gasteiger partial charge in [0.2, 0.25) is 0 Å². The fourth-order valence-electron chi connectivity index (χ4n) is 2.07. The number of rotatable bonds is 6. The number of imide groups is 1. The van der Waals surface area contributed by atoms with Gasteiger partial charge in [0, 0.05) is 0 Å². The van der Waals surface area contributed by atoms with Crippen molar-refractivity contribution in [2.75, 3.05) is 27.4 Å². The molecule has 11 heteroatoms. The van der Waals surface area contributed by atoms with Gasteiger partial charge in [-0.1, -0.05) is 23.2 Å². The number of amides is 3. The molecule has 0 bridgehead atoms. The monoisotopic (exact) mass is 416 g/mol. The molecule has 1 aromatic carbocycles. The zero-order valence-electron chi connectivity index (χ0n) is 14.2. The molecule has 3 amide bonds. The smallest absolute Gasteiger partial charge is 0.343 e. The molecule has 0 aromatic heterocycles. The van der Waals surface area contributed by atoms with Crippen LogP contribution in [0.25, 0.3) is 6.08 Å². The van der Waals surface area contributed by atoms with Gasteiger partial charge >= 0.3 is 18.0 Å². The molecule has 0 aliphatic carbocycles. The zero-order valence-corrected chi connectivity index (χ0v) is 15.7. The van der Waals surface area contributed by atoms with Crippen LogP contribution in [-0.2, 0) is 23.9 Å². The van der Waals surface area contributed by atoms with Crippen LogP contribution in [0.5, 0.6) is 5.75 Å². The van der Waals surface area contributed by atoms with Gasteiger partial charge in [-0.25, -0.2) is 14.5 Å². The number of ether oxygens (including phenoxy) is 3. The molecule has 0 unspecified atom stereocenters. The maximum absolute atomic E-state index is 12.2. The molecule has 0 spiro atoms. The third kappa shape index (κ3) is 4.89. The average molecular weight is 417 g/mol. The number of nitrogens with one attached hydrogen (secondary N) is 1. The normalized spacial score (nSPS) is 15.0. The number of hydrogen-bond donors (Lipinski definition) is 1. The van der Waals surface area contributed by atoms with E-state index in [1.807, 2.05) is 0 Å². The summed E-state index contributed by atoms with van der Waals surface area (Å²) in [6, 6.07) is 2.09. The summed E-state index contributed by atoms with van der Waals surface area (Å²) in [5, 5.41) is 2.51. The Hall–Kier alpha value is -2.78. The summed E-state index contributed by atoms with van der Waals surface area (Å²) in [6.07, 6.45) is 1.33. The average Bonchev–Trinajstić information content (AvgIpc) is 2.87. The first-order valence-corrected chi connectivity index (χ1v) is 8.12. The van der Waals surface area contributed by atoms with Crippen LogP contribution in [-0.4, -0.2) is 56.1 Å². The Morgan fingerprint density at radius 2 is 1.70 bits per heavy atom. The van der Waals surface area contributed by atoms with Gasteiger partial charge < -0.3 is 19.5 Å². The van der Waals surface area contributed by atoms with Gasteiger partial charge in [-0.3, -0.25) is 9.59 Å². The molecule has 1 N–H and O–H groups in total. The van der Waals surface area contributed by atoms with Crippen LogP contribution < -0.4 is 10.1 Å². The van der Waals surface area contributed by atoms with Gasteiger partial charge in [-0.05, 0) is 23.8 Å². The largest absolute Gasteiger partial charge is 0.479 e. The minimum Gasteiger partial charge on any atom is -0.479 e. The van der Waals surface area contributed by atoms with Crippen molar-refractivity contribution in [3.8, 4) is 5.75 Å². The Balaban J connectivity index is 2.21. The number of carbonyl (C=O) groups is 4. The predicted molar refractivity (Wildman–Crippen MR) is 94.2 cm³/mol. The van der Waals surface area contributed by atoms with Gasteiger partial charge in [0.25, 0.3) is 5.91 Å². The minimum absolute atomic E-state index is 0.0694. The Bertz CT molecular complexity index is 815. The van der Waals surface area contributed by atoms with E-state index in [1.165, 1.54) is 25.3 Å². The number of carbonyl (C=O) groups excluding carboxylic acids is 4. The number of esters is 2. The van der Waals surface area contributed by atoms with Crippen LogP contribution in [0.4, 0.5) is 4.79 Å². The number of methoxy groups -OCH3 is 2. The highest BCUT2D eigenvalue weighted by Gasteiger charge is 2.35. The van der Waals surface area contributed by atoms with Gasteiger partial charge in [0.15, 0.2) is 12.4 Å². The van der Waals surface area contributed by atoms with Crippen LogP contribution >= 0.6 is 23.2 Å². The third-order valence-corrected chi connectivity index (χ3v) is 3.93. The molecule has 0 radical (unpaired) electrons. The Kier molecular flexibility index (Phi) is 6.65. The van der Waals surface area contributed by atoms with Crippen molar-refractivity contribution in [2.24, 2.45) is 0 Å². The molecule has 1 aliphatic rings.